The second-order valence-corrected chi connectivity index (χ2v) is 7.66. The van der Waals surface area contributed by atoms with E-state index in [2.05, 4.69) is 10.4 Å². The summed E-state index contributed by atoms with van der Waals surface area (Å²) >= 11 is 0. The lowest BCUT2D eigenvalue weighted by Crippen LogP contribution is -2.30. The predicted octanol–water partition coefficient (Wildman–Crippen LogP) is 3.09. The third kappa shape index (κ3) is 4.01. The van der Waals surface area contributed by atoms with Crippen molar-refractivity contribution in [2.75, 3.05) is 25.1 Å². The number of aromatic nitrogens is 2. The number of hydrogen-bond donors (Lipinski definition) is 1. The molecule has 8 nitrogen and oxygen atoms in total. The topological polar surface area (TPSA) is 85.7 Å². The Balaban J connectivity index is 1.32. The molecule has 2 aromatic carbocycles. The normalized spacial score (nSPS) is 15.2. The number of carbonyl (C=O) groups is 2. The van der Waals surface area contributed by atoms with Crippen LogP contribution in [0.4, 0.5) is 10.1 Å². The van der Waals surface area contributed by atoms with Crippen LogP contribution in [-0.4, -0.2) is 46.3 Å². The summed E-state index contributed by atoms with van der Waals surface area (Å²) in [5.74, 6) is 0.261. The maximum Gasteiger partial charge on any atom is 0.276 e. The fourth-order valence-corrected chi connectivity index (χ4v) is 3.82. The minimum absolute atomic E-state index is 0.159. The highest BCUT2D eigenvalue weighted by Crippen LogP contribution is 2.32. The molecule has 9 heteroatoms. The maximum atomic E-state index is 13.2. The highest BCUT2D eigenvalue weighted by Gasteiger charge is 2.26. The van der Waals surface area contributed by atoms with E-state index in [1.165, 1.54) is 18.2 Å². The number of benzene rings is 2. The Morgan fingerprint density at radius 2 is 1.81 bits per heavy atom. The number of hydrogen-bond acceptors (Lipinski definition) is 5. The monoisotopic (exact) mass is 436 g/mol. The highest BCUT2D eigenvalue weighted by atomic mass is 19.1. The van der Waals surface area contributed by atoms with E-state index >= 15 is 0 Å². The van der Waals surface area contributed by atoms with Crippen LogP contribution in [0.1, 0.15) is 33.0 Å². The molecule has 0 saturated carbocycles. The van der Waals surface area contributed by atoms with Crippen LogP contribution in [0, 0.1) is 5.82 Å². The summed E-state index contributed by atoms with van der Waals surface area (Å²) in [6.07, 6.45) is 0.699. The van der Waals surface area contributed by atoms with Gasteiger partial charge < -0.3 is 19.7 Å². The van der Waals surface area contributed by atoms with Crippen LogP contribution < -0.4 is 14.8 Å². The molecule has 164 valence electrons. The molecule has 0 atom stereocenters. The molecule has 0 fully saturated rings. The zero-order valence-electron chi connectivity index (χ0n) is 17.2. The molecule has 0 bridgehead atoms. The number of rotatable bonds is 4. The molecule has 32 heavy (non-hydrogen) atoms. The fraction of sp³-hybridized carbons (Fsp3) is 0.261. The Morgan fingerprint density at radius 1 is 1.03 bits per heavy atom. The first-order valence-corrected chi connectivity index (χ1v) is 10.4. The molecule has 3 aromatic rings. The average Bonchev–Trinajstić information content (AvgIpc) is 3.18. The number of halogens is 1. The first-order valence-electron chi connectivity index (χ1n) is 10.4. The van der Waals surface area contributed by atoms with E-state index in [9.17, 15) is 14.0 Å². The summed E-state index contributed by atoms with van der Waals surface area (Å²) in [5, 5.41) is 7.14. The van der Waals surface area contributed by atoms with Crippen LogP contribution in [0.25, 0.3) is 0 Å². The van der Waals surface area contributed by atoms with Crippen molar-refractivity contribution in [2.24, 2.45) is 0 Å². The lowest BCUT2D eigenvalue weighted by Gasteiger charge is -2.20. The van der Waals surface area contributed by atoms with Gasteiger partial charge in [0.1, 0.15) is 24.7 Å². The SMILES string of the molecule is O=C(Nc1ccc2c(c1)OCCO2)c1cc2n(n1)CCCN(Cc1ccc(F)cc1)C2=O. The molecule has 0 radical (unpaired) electrons. The average molecular weight is 436 g/mol. The van der Waals surface area contributed by atoms with E-state index < -0.39 is 5.91 Å². The fourth-order valence-electron chi connectivity index (χ4n) is 3.82. The molecule has 2 amide bonds. The molecular weight excluding hydrogens is 415 g/mol. The Labute approximate surface area is 183 Å². The lowest BCUT2D eigenvalue weighted by molar-refractivity contribution is 0.0745. The van der Waals surface area contributed by atoms with E-state index in [0.29, 0.717) is 62.1 Å². The summed E-state index contributed by atoms with van der Waals surface area (Å²) in [5.41, 5.74) is 1.90. The van der Waals surface area contributed by atoms with Gasteiger partial charge in [-0.25, -0.2) is 4.39 Å². The van der Waals surface area contributed by atoms with Gasteiger partial charge in [0, 0.05) is 37.5 Å². The van der Waals surface area contributed by atoms with Crippen LogP contribution in [0.3, 0.4) is 0 Å². The van der Waals surface area contributed by atoms with Crippen molar-refractivity contribution in [1.29, 1.82) is 0 Å². The van der Waals surface area contributed by atoms with E-state index in [-0.39, 0.29) is 17.4 Å². The van der Waals surface area contributed by atoms with E-state index in [4.69, 9.17) is 9.47 Å². The Hall–Kier alpha value is -3.88. The molecule has 0 saturated heterocycles. The maximum absolute atomic E-state index is 13.2. The van der Waals surface area contributed by atoms with E-state index in [1.54, 1.807) is 39.9 Å². The highest BCUT2D eigenvalue weighted by molar-refractivity contribution is 6.04. The van der Waals surface area contributed by atoms with E-state index in [0.717, 1.165) is 5.56 Å². The van der Waals surface area contributed by atoms with Crippen molar-refractivity contribution >= 4 is 17.5 Å². The minimum atomic E-state index is -0.417. The van der Waals surface area contributed by atoms with Crippen molar-refractivity contribution in [3.63, 3.8) is 0 Å². The minimum Gasteiger partial charge on any atom is -0.486 e. The zero-order chi connectivity index (χ0) is 22.1. The molecule has 0 spiro atoms. The van der Waals surface area contributed by atoms with Gasteiger partial charge in [0.25, 0.3) is 11.8 Å². The van der Waals surface area contributed by atoms with Gasteiger partial charge in [0.15, 0.2) is 17.2 Å². The molecule has 2 aliphatic heterocycles. The number of ether oxygens (including phenoxy) is 2. The van der Waals surface area contributed by atoms with Crippen molar-refractivity contribution in [3.8, 4) is 11.5 Å². The lowest BCUT2D eigenvalue weighted by atomic mass is 10.2. The van der Waals surface area contributed by atoms with Crippen LogP contribution >= 0.6 is 0 Å². The number of carbonyl (C=O) groups excluding carboxylic acids is 2. The molecule has 1 N–H and O–H groups in total. The molecular formula is C23H21FN4O4. The number of fused-ring (bicyclic) bond motifs is 2. The zero-order valence-corrected chi connectivity index (χ0v) is 17.2. The number of aryl methyl sites for hydroxylation is 1. The predicted molar refractivity (Wildman–Crippen MR) is 113 cm³/mol. The molecule has 1 aromatic heterocycles. The van der Waals surface area contributed by atoms with Crippen LogP contribution in [-0.2, 0) is 13.1 Å². The largest absolute Gasteiger partial charge is 0.486 e. The van der Waals surface area contributed by atoms with Crippen LogP contribution in [0.2, 0.25) is 0 Å². The first-order chi connectivity index (χ1) is 15.6. The van der Waals surface area contributed by atoms with Gasteiger partial charge in [-0.15, -0.1) is 0 Å². The molecule has 0 aliphatic carbocycles. The van der Waals surface area contributed by atoms with Gasteiger partial charge in [-0.1, -0.05) is 12.1 Å². The summed E-state index contributed by atoms with van der Waals surface area (Å²) in [4.78, 5) is 27.6. The number of amides is 2. The Bertz CT molecular complexity index is 1180. The van der Waals surface area contributed by atoms with Gasteiger partial charge in [0.05, 0.1) is 0 Å². The summed E-state index contributed by atoms with van der Waals surface area (Å²) in [7, 11) is 0. The van der Waals surface area contributed by atoms with Gasteiger partial charge >= 0.3 is 0 Å². The van der Waals surface area contributed by atoms with Crippen molar-refractivity contribution in [2.45, 2.75) is 19.5 Å². The molecule has 0 unspecified atom stereocenters. The number of nitrogens with one attached hydrogen (secondary N) is 1. The Morgan fingerprint density at radius 3 is 2.62 bits per heavy atom. The molecule has 2 aliphatic rings. The van der Waals surface area contributed by atoms with E-state index in [1.807, 2.05) is 0 Å². The number of nitrogens with zero attached hydrogens (tertiary/aromatic N) is 3. The summed E-state index contributed by atoms with van der Waals surface area (Å²) in [6.45, 7) is 2.39. The second kappa shape index (κ2) is 8.33. The summed E-state index contributed by atoms with van der Waals surface area (Å²) < 4.78 is 25.8. The van der Waals surface area contributed by atoms with Crippen LogP contribution in [0.5, 0.6) is 11.5 Å². The van der Waals surface area contributed by atoms with Gasteiger partial charge in [-0.3, -0.25) is 14.3 Å². The van der Waals surface area contributed by atoms with Gasteiger partial charge in [0.2, 0.25) is 0 Å². The smallest absolute Gasteiger partial charge is 0.276 e. The second-order valence-electron chi connectivity index (χ2n) is 7.66. The van der Waals surface area contributed by atoms with Crippen molar-refractivity contribution in [1.82, 2.24) is 14.7 Å². The van der Waals surface area contributed by atoms with Crippen molar-refractivity contribution in [3.05, 3.63) is 71.3 Å². The molecule has 3 heterocycles. The standard InChI is InChI=1S/C23H21FN4O4/c24-16-4-2-15(3-5-16)14-27-8-1-9-28-19(23(27)30)13-18(26-28)22(29)25-17-6-7-20-21(12-17)32-11-10-31-20/h2-7,12-13H,1,8-11,14H2,(H,25,29). The first kappa shape index (κ1) is 20.0. The summed E-state index contributed by atoms with van der Waals surface area (Å²) in [6, 6.07) is 12.8. The van der Waals surface area contributed by atoms with Crippen molar-refractivity contribution < 1.29 is 23.5 Å². The Kier molecular flexibility index (Phi) is 5.22. The quantitative estimate of drug-likeness (QED) is 0.679. The van der Waals surface area contributed by atoms with Gasteiger partial charge in [-0.2, -0.15) is 5.10 Å². The number of anilines is 1. The van der Waals surface area contributed by atoms with Gasteiger partial charge in [-0.05, 0) is 36.2 Å². The van der Waals surface area contributed by atoms with Crippen LogP contribution in [0.15, 0.2) is 48.5 Å². The third-order valence-corrected chi connectivity index (χ3v) is 5.40. The molecule has 5 rings (SSSR count). The third-order valence-electron chi connectivity index (χ3n) is 5.40.